The van der Waals surface area contributed by atoms with Crippen molar-refractivity contribution in [2.75, 3.05) is 4.90 Å². The van der Waals surface area contributed by atoms with Crippen LogP contribution >= 0.6 is 0 Å². The number of phenols is 1. The fraction of sp³-hybridized carbons (Fsp3) is 0.0526. The second kappa shape index (κ2) is 6.75. The van der Waals surface area contributed by atoms with Gasteiger partial charge in [-0.25, -0.2) is 4.98 Å². The number of hydrogen-bond acceptors (Lipinski definition) is 3. The van der Waals surface area contributed by atoms with Crippen LogP contribution in [0.15, 0.2) is 79.0 Å². The molecule has 0 aliphatic rings. The number of benzene rings is 2. The van der Waals surface area contributed by atoms with E-state index in [1.165, 1.54) is 6.07 Å². The summed E-state index contributed by atoms with van der Waals surface area (Å²) >= 11 is 0. The number of carbonyl (C=O) groups excluding carboxylic acids is 1. The zero-order chi connectivity index (χ0) is 16.1. The normalized spacial score (nSPS) is 10.3. The van der Waals surface area contributed by atoms with Gasteiger partial charge >= 0.3 is 0 Å². The van der Waals surface area contributed by atoms with Gasteiger partial charge in [0.15, 0.2) is 0 Å². The van der Waals surface area contributed by atoms with Crippen molar-refractivity contribution in [3.8, 4) is 5.75 Å². The van der Waals surface area contributed by atoms with Crippen LogP contribution in [0.5, 0.6) is 5.75 Å². The van der Waals surface area contributed by atoms with Gasteiger partial charge in [0.2, 0.25) is 0 Å². The number of aromatic nitrogens is 1. The summed E-state index contributed by atoms with van der Waals surface area (Å²) < 4.78 is 0. The number of pyridine rings is 1. The summed E-state index contributed by atoms with van der Waals surface area (Å²) in [6.45, 7) is 0.380. The highest BCUT2D eigenvalue weighted by molar-refractivity contribution is 6.07. The van der Waals surface area contributed by atoms with Gasteiger partial charge in [0.25, 0.3) is 5.91 Å². The average molecular weight is 304 g/mol. The van der Waals surface area contributed by atoms with E-state index in [1.807, 2.05) is 36.4 Å². The fourth-order valence-electron chi connectivity index (χ4n) is 2.34. The van der Waals surface area contributed by atoms with Crippen molar-refractivity contribution < 1.29 is 9.90 Å². The standard InChI is InChI=1S/C19H16N2O2/c22-17-11-5-4-10-16(17)19(23)21(18-12-6-7-13-20-18)14-15-8-2-1-3-9-15/h1-13,22H,14H2. The second-order valence-corrected chi connectivity index (χ2v) is 5.08. The Hall–Kier alpha value is -3.14. The topological polar surface area (TPSA) is 53.4 Å². The first-order valence-electron chi connectivity index (χ1n) is 7.30. The molecule has 0 fully saturated rings. The van der Waals surface area contributed by atoms with E-state index >= 15 is 0 Å². The largest absolute Gasteiger partial charge is 0.507 e. The molecule has 1 heterocycles. The van der Waals surface area contributed by atoms with Crippen LogP contribution in [0, 0.1) is 0 Å². The van der Waals surface area contributed by atoms with E-state index in [0.29, 0.717) is 12.4 Å². The van der Waals surface area contributed by atoms with E-state index in [0.717, 1.165) is 5.56 Å². The molecule has 0 saturated heterocycles. The minimum Gasteiger partial charge on any atom is -0.507 e. The van der Waals surface area contributed by atoms with Gasteiger partial charge in [0.05, 0.1) is 12.1 Å². The lowest BCUT2D eigenvalue weighted by Gasteiger charge is -2.22. The predicted molar refractivity (Wildman–Crippen MR) is 89.3 cm³/mol. The maximum atomic E-state index is 12.9. The van der Waals surface area contributed by atoms with Crippen LogP contribution in [0.25, 0.3) is 0 Å². The molecule has 1 N–H and O–H groups in total. The van der Waals surface area contributed by atoms with Gasteiger partial charge in [0.1, 0.15) is 11.6 Å². The Labute approximate surface area is 134 Å². The SMILES string of the molecule is O=C(c1ccccc1O)N(Cc1ccccc1)c1ccccn1. The predicted octanol–water partition coefficient (Wildman–Crippen LogP) is 3.63. The maximum Gasteiger partial charge on any atom is 0.263 e. The van der Waals surface area contributed by atoms with Gasteiger partial charge in [0, 0.05) is 6.20 Å². The van der Waals surface area contributed by atoms with Crippen molar-refractivity contribution in [1.82, 2.24) is 4.98 Å². The number of nitrogens with zero attached hydrogens (tertiary/aromatic N) is 2. The molecule has 0 radical (unpaired) electrons. The average Bonchev–Trinajstić information content (AvgIpc) is 2.61. The first-order chi connectivity index (χ1) is 11.3. The number of carbonyl (C=O) groups is 1. The first-order valence-corrected chi connectivity index (χ1v) is 7.30. The van der Waals surface area contributed by atoms with E-state index in [4.69, 9.17) is 0 Å². The van der Waals surface area contributed by atoms with Crippen LogP contribution in [0.1, 0.15) is 15.9 Å². The van der Waals surface area contributed by atoms with E-state index in [9.17, 15) is 9.90 Å². The number of amides is 1. The molecule has 3 aromatic rings. The quantitative estimate of drug-likeness (QED) is 0.800. The molecule has 0 atom stereocenters. The van der Waals surface area contributed by atoms with Crippen molar-refractivity contribution in [2.45, 2.75) is 6.54 Å². The molecule has 0 bridgehead atoms. The third-order valence-electron chi connectivity index (χ3n) is 3.49. The summed E-state index contributed by atoms with van der Waals surface area (Å²) in [6, 6.07) is 21.6. The van der Waals surface area contributed by atoms with Crippen molar-refractivity contribution in [3.05, 3.63) is 90.1 Å². The summed E-state index contributed by atoms with van der Waals surface area (Å²) in [4.78, 5) is 18.7. The number of aromatic hydroxyl groups is 1. The van der Waals surface area contributed by atoms with Gasteiger partial charge in [-0.3, -0.25) is 9.69 Å². The number of para-hydroxylation sites is 1. The van der Waals surface area contributed by atoms with Crippen molar-refractivity contribution in [1.29, 1.82) is 0 Å². The van der Waals surface area contributed by atoms with E-state index < -0.39 is 0 Å². The lowest BCUT2D eigenvalue weighted by atomic mass is 10.1. The molecule has 4 nitrogen and oxygen atoms in total. The molecule has 0 aliphatic carbocycles. The molecule has 0 unspecified atom stereocenters. The Kier molecular flexibility index (Phi) is 4.34. The van der Waals surface area contributed by atoms with Gasteiger partial charge in [-0.05, 0) is 29.8 Å². The molecule has 23 heavy (non-hydrogen) atoms. The highest BCUT2D eigenvalue weighted by Gasteiger charge is 2.21. The van der Waals surface area contributed by atoms with Crippen molar-refractivity contribution in [3.63, 3.8) is 0 Å². The van der Waals surface area contributed by atoms with E-state index in [1.54, 1.807) is 41.4 Å². The minimum atomic E-state index is -0.286. The van der Waals surface area contributed by atoms with Gasteiger partial charge in [-0.2, -0.15) is 0 Å². The molecule has 0 spiro atoms. The summed E-state index contributed by atoms with van der Waals surface area (Å²) in [6.07, 6.45) is 1.64. The van der Waals surface area contributed by atoms with Gasteiger partial charge < -0.3 is 5.11 Å². The Morgan fingerprint density at radius 1 is 0.913 bits per heavy atom. The molecule has 2 aromatic carbocycles. The zero-order valence-corrected chi connectivity index (χ0v) is 12.5. The number of phenolic OH excluding ortho intramolecular Hbond substituents is 1. The molecule has 114 valence electrons. The summed E-state index contributed by atoms with van der Waals surface area (Å²) in [7, 11) is 0. The highest BCUT2D eigenvalue weighted by atomic mass is 16.3. The minimum absolute atomic E-state index is 0.0357. The Balaban J connectivity index is 1.98. The lowest BCUT2D eigenvalue weighted by molar-refractivity contribution is 0.0981. The van der Waals surface area contributed by atoms with Crippen LogP contribution in [-0.2, 0) is 6.54 Å². The van der Waals surface area contributed by atoms with Gasteiger partial charge in [-0.1, -0.05) is 48.5 Å². The van der Waals surface area contributed by atoms with E-state index in [-0.39, 0.29) is 17.2 Å². The molecular weight excluding hydrogens is 288 g/mol. The summed E-state index contributed by atoms with van der Waals surface area (Å²) in [5.74, 6) is 0.224. The highest BCUT2D eigenvalue weighted by Crippen LogP contribution is 2.22. The smallest absolute Gasteiger partial charge is 0.263 e. The second-order valence-electron chi connectivity index (χ2n) is 5.08. The number of anilines is 1. The maximum absolute atomic E-state index is 12.9. The van der Waals surface area contributed by atoms with Crippen LogP contribution in [-0.4, -0.2) is 16.0 Å². The van der Waals surface area contributed by atoms with Gasteiger partial charge in [-0.15, -0.1) is 0 Å². The third-order valence-corrected chi connectivity index (χ3v) is 3.49. The fourth-order valence-corrected chi connectivity index (χ4v) is 2.34. The van der Waals surface area contributed by atoms with Crippen LogP contribution < -0.4 is 4.90 Å². The molecule has 3 rings (SSSR count). The summed E-state index contributed by atoms with van der Waals surface area (Å²) in [5, 5.41) is 9.97. The Morgan fingerprint density at radius 2 is 1.61 bits per heavy atom. The van der Waals surface area contributed by atoms with Crippen molar-refractivity contribution in [2.24, 2.45) is 0 Å². The molecule has 1 aromatic heterocycles. The number of hydrogen-bond donors (Lipinski definition) is 1. The Morgan fingerprint density at radius 3 is 2.30 bits per heavy atom. The molecule has 0 aliphatic heterocycles. The lowest BCUT2D eigenvalue weighted by Crippen LogP contribution is -2.31. The van der Waals surface area contributed by atoms with Crippen LogP contribution in [0.4, 0.5) is 5.82 Å². The first kappa shape index (κ1) is 14.8. The molecule has 0 saturated carbocycles. The van der Waals surface area contributed by atoms with E-state index in [2.05, 4.69) is 4.98 Å². The monoisotopic (exact) mass is 304 g/mol. The molecule has 4 heteroatoms. The molecular formula is C19H16N2O2. The zero-order valence-electron chi connectivity index (χ0n) is 12.5. The summed E-state index contributed by atoms with van der Waals surface area (Å²) in [5.41, 5.74) is 1.25. The Bertz CT molecular complexity index is 789. The van der Waals surface area contributed by atoms with Crippen LogP contribution in [0.2, 0.25) is 0 Å². The molecule has 1 amide bonds. The number of rotatable bonds is 4. The van der Waals surface area contributed by atoms with Crippen LogP contribution in [0.3, 0.4) is 0 Å². The van der Waals surface area contributed by atoms with Crippen molar-refractivity contribution >= 4 is 11.7 Å². The third kappa shape index (κ3) is 3.37.